The van der Waals surface area contributed by atoms with Crippen LogP contribution in [0.5, 0.6) is 11.5 Å². The minimum Gasteiger partial charge on any atom is -0.506 e. The number of hydrogen-bond acceptors (Lipinski definition) is 4. The lowest BCUT2D eigenvalue weighted by Gasteiger charge is -2.32. The largest absolute Gasteiger partial charge is 0.506 e. The molecule has 74 heavy (non-hydrogen) atoms. The first-order valence-corrected chi connectivity index (χ1v) is 27.7. The van der Waals surface area contributed by atoms with Gasteiger partial charge in [0, 0.05) is 4.47 Å². The van der Waals surface area contributed by atoms with Crippen molar-refractivity contribution in [2.45, 2.75) is 116 Å². The second-order valence-electron chi connectivity index (χ2n) is 20.3. The van der Waals surface area contributed by atoms with Crippen LogP contribution in [0.1, 0.15) is 101 Å². The van der Waals surface area contributed by atoms with Crippen molar-refractivity contribution in [3.8, 4) is 44.9 Å². The zero-order valence-electron chi connectivity index (χ0n) is 43.4. The molecule has 0 radical (unpaired) electrons. The van der Waals surface area contributed by atoms with E-state index in [9.17, 15) is 5.11 Å². The van der Waals surface area contributed by atoms with Crippen LogP contribution in [0.3, 0.4) is 0 Å². The van der Waals surface area contributed by atoms with E-state index in [0.29, 0.717) is 10.0 Å². The van der Waals surface area contributed by atoms with Crippen LogP contribution < -0.4 is 5.46 Å². The van der Waals surface area contributed by atoms with Crippen molar-refractivity contribution in [3.63, 3.8) is 0 Å². The molecule has 382 valence electrons. The van der Waals surface area contributed by atoms with E-state index in [4.69, 9.17) is 37.6 Å². The van der Waals surface area contributed by atoms with Gasteiger partial charge in [-0.05, 0) is 177 Å². The Bertz CT molecular complexity index is 2980. The molecule has 0 unspecified atom stereocenters. The minimum atomic E-state index is -0.325. The van der Waals surface area contributed by atoms with E-state index in [1.54, 1.807) is 18.2 Å². The third-order valence-corrected chi connectivity index (χ3v) is 15.1. The summed E-state index contributed by atoms with van der Waals surface area (Å²) in [6.07, 6.45) is 14.8. The SMILES string of the molecule is CC1(C)OB(c2cccc(-c3cccc(CCCCCCc4ccccc4)c3)c2)OC1(C)C.Oc1ccc(-c2cccc(-c3cccc(CCCCCCc4ccccc4)c3)c2)cc1Cl.Oc1ccc(Br)cc1Cl. The highest BCUT2D eigenvalue weighted by Crippen LogP contribution is 2.37. The standard InChI is InChI=1S/C30H37BO2.C30H29ClO.C6H4BrClO/c1-29(2)30(3,4)33-31(32-29)28-21-13-20-27(23-28)26-19-12-18-25(22-26)17-9-6-5-8-14-24-15-10-7-11-16-24;31-29-22-28(18-19-30(29)32)27-17-9-16-26(21-27)25-15-8-14-24(20-25)13-5-2-1-4-10-23-11-6-3-7-12-23;7-4-1-2-6(9)5(8)3-4/h7,10-13,15-16,18-23H,5-6,8-9,14,17H2,1-4H3;3,6-9,11-12,14-22,32H,1-2,4-5,10,13H2;1-3,9H. The zero-order valence-corrected chi connectivity index (χ0v) is 46.5. The highest BCUT2D eigenvalue weighted by molar-refractivity contribution is 9.10. The number of phenolic OH excluding ortho intramolecular Hbond substituents is 2. The summed E-state index contributed by atoms with van der Waals surface area (Å²) in [7, 11) is -0.325. The van der Waals surface area contributed by atoms with E-state index in [0.717, 1.165) is 33.9 Å². The van der Waals surface area contributed by atoms with Gasteiger partial charge in [0.15, 0.2) is 0 Å². The summed E-state index contributed by atoms with van der Waals surface area (Å²) < 4.78 is 13.4. The fourth-order valence-corrected chi connectivity index (χ4v) is 9.87. The maximum Gasteiger partial charge on any atom is 0.494 e. The Morgan fingerprint density at radius 2 is 0.743 bits per heavy atom. The molecule has 1 aliphatic heterocycles. The third kappa shape index (κ3) is 17.0. The van der Waals surface area contributed by atoms with E-state index < -0.39 is 0 Å². The summed E-state index contributed by atoms with van der Waals surface area (Å²) in [6, 6.07) is 66.8. The maximum atomic E-state index is 9.69. The smallest absolute Gasteiger partial charge is 0.494 e. The fourth-order valence-electron chi connectivity index (χ4n) is 9.02. The Hall–Kier alpha value is -5.60. The van der Waals surface area contributed by atoms with Crippen LogP contribution in [0.25, 0.3) is 33.4 Å². The molecule has 1 saturated heterocycles. The van der Waals surface area contributed by atoms with Crippen LogP contribution in [0.15, 0.2) is 199 Å². The minimum absolute atomic E-state index is 0.110. The van der Waals surface area contributed by atoms with E-state index in [1.807, 2.05) is 12.1 Å². The van der Waals surface area contributed by atoms with Crippen LogP contribution in [0.2, 0.25) is 10.0 Å². The molecule has 0 aromatic heterocycles. The summed E-state index contributed by atoms with van der Waals surface area (Å²) in [5, 5.41) is 19.3. The molecule has 0 atom stereocenters. The Morgan fingerprint density at radius 3 is 1.19 bits per heavy atom. The summed E-state index contributed by atoms with van der Waals surface area (Å²) in [6.45, 7) is 8.40. The van der Waals surface area contributed by atoms with Gasteiger partial charge in [-0.2, -0.15) is 0 Å². The number of halogens is 3. The fraction of sp³-hybridized carbons (Fsp3) is 0.273. The molecule has 8 heteroatoms. The average molecular weight is 1090 g/mol. The molecule has 0 aliphatic carbocycles. The molecule has 1 aliphatic rings. The first kappa shape index (κ1) is 56.1. The molecule has 0 saturated carbocycles. The molecule has 0 spiro atoms. The Balaban J connectivity index is 0.000000185. The molecule has 4 nitrogen and oxygen atoms in total. The lowest BCUT2D eigenvalue weighted by Crippen LogP contribution is -2.41. The van der Waals surface area contributed by atoms with Crippen molar-refractivity contribution in [2.75, 3.05) is 0 Å². The zero-order chi connectivity index (χ0) is 52.3. The second-order valence-corrected chi connectivity index (χ2v) is 22.0. The molecule has 9 rings (SSSR count). The number of phenols is 2. The molecule has 1 fully saturated rings. The molecular formula is C66H70BBrCl2O4. The van der Waals surface area contributed by atoms with Crippen molar-refractivity contribution in [1.29, 1.82) is 0 Å². The highest BCUT2D eigenvalue weighted by atomic mass is 79.9. The highest BCUT2D eigenvalue weighted by Gasteiger charge is 2.51. The van der Waals surface area contributed by atoms with Gasteiger partial charge in [-0.25, -0.2) is 0 Å². The van der Waals surface area contributed by atoms with E-state index in [1.165, 1.54) is 115 Å². The van der Waals surface area contributed by atoms with Crippen molar-refractivity contribution in [2.24, 2.45) is 0 Å². The number of aryl methyl sites for hydroxylation is 4. The Morgan fingerprint density at radius 1 is 0.378 bits per heavy atom. The first-order chi connectivity index (χ1) is 35.7. The number of aromatic hydroxyl groups is 2. The van der Waals surface area contributed by atoms with Gasteiger partial charge in [-0.15, -0.1) is 0 Å². The van der Waals surface area contributed by atoms with Crippen LogP contribution >= 0.6 is 39.1 Å². The van der Waals surface area contributed by atoms with E-state index in [-0.39, 0.29) is 29.8 Å². The average Bonchev–Trinajstić information content (AvgIpc) is 3.64. The van der Waals surface area contributed by atoms with E-state index >= 15 is 0 Å². The lowest BCUT2D eigenvalue weighted by molar-refractivity contribution is 0.00578. The van der Waals surface area contributed by atoms with Crippen LogP contribution in [-0.4, -0.2) is 28.5 Å². The van der Waals surface area contributed by atoms with Gasteiger partial charge in [-0.1, -0.05) is 223 Å². The van der Waals surface area contributed by atoms with Crippen molar-refractivity contribution in [3.05, 3.63) is 231 Å². The number of rotatable bonds is 18. The summed E-state index contributed by atoms with van der Waals surface area (Å²) in [5.74, 6) is 0.221. The van der Waals surface area contributed by atoms with Crippen LogP contribution in [0.4, 0.5) is 0 Å². The number of benzene rings is 8. The van der Waals surface area contributed by atoms with Gasteiger partial charge in [0.05, 0.1) is 21.2 Å². The van der Waals surface area contributed by atoms with Gasteiger partial charge < -0.3 is 19.5 Å². The van der Waals surface area contributed by atoms with Gasteiger partial charge in [0.2, 0.25) is 0 Å². The summed E-state index contributed by atoms with van der Waals surface area (Å²) in [5.41, 5.74) is 13.1. The summed E-state index contributed by atoms with van der Waals surface area (Å²) in [4.78, 5) is 0. The molecule has 8 aromatic carbocycles. The van der Waals surface area contributed by atoms with Gasteiger partial charge >= 0.3 is 7.12 Å². The molecular weight excluding hydrogens is 1020 g/mol. The first-order valence-electron chi connectivity index (χ1n) is 26.2. The molecule has 0 amide bonds. The van der Waals surface area contributed by atoms with Crippen molar-refractivity contribution < 1.29 is 19.5 Å². The second kappa shape index (κ2) is 27.8. The van der Waals surface area contributed by atoms with Crippen molar-refractivity contribution in [1.82, 2.24) is 0 Å². The lowest BCUT2D eigenvalue weighted by atomic mass is 9.78. The number of unbranched alkanes of at least 4 members (excludes halogenated alkanes) is 6. The summed E-state index contributed by atoms with van der Waals surface area (Å²) >= 11 is 14.8. The van der Waals surface area contributed by atoms with Crippen LogP contribution in [0, 0.1) is 0 Å². The molecule has 1 heterocycles. The molecule has 8 aromatic rings. The normalized spacial score (nSPS) is 13.4. The Labute approximate surface area is 460 Å². The predicted octanol–water partition coefficient (Wildman–Crippen LogP) is 18.5. The van der Waals surface area contributed by atoms with Crippen molar-refractivity contribution >= 4 is 51.7 Å². The molecule has 2 N–H and O–H groups in total. The Kier molecular flexibility index (Phi) is 21.1. The molecule has 0 bridgehead atoms. The maximum absolute atomic E-state index is 9.69. The monoisotopic (exact) mass is 1090 g/mol. The third-order valence-electron chi connectivity index (χ3n) is 14.0. The number of hydrogen-bond donors (Lipinski definition) is 2. The van der Waals surface area contributed by atoms with Crippen LogP contribution in [-0.2, 0) is 35.0 Å². The topological polar surface area (TPSA) is 58.9 Å². The predicted molar refractivity (Wildman–Crippen MR) is 317 cm³/mol. The van der Waals surface area contributed by atoms with Gasteiger partial charge in [0.1, 0.15) is 11.5 Å². The quantitative estimate of drug-likeness (QED) is 0.0664. The van der Waals surface area contributed by atoms with E-state index in [2.05, 4.69) is 201 Å². The van der Waals surface area contributed by atoms with Gasteiger partial charge in [-0.3, -0.25) is 0 Å². The van der Waals surface area contributed by atoms with Gasteiger partial charge in [0.25, 0.3) is 0 Å².